The lowest BCUT2D eigenvalue weighted by atomic mass is 10.2. The van der Waals surface area contributed by atoms with Crippen molar-refractivity contribution < 1.29 is 27.8 Å². The normalized spacial score (nSPS) is 15.8. The van der Waals surface area contributed by atoms with Crippen LogP contribution in [-0.2, 0) is 9.47 Å². The van der Waals surface area contributed by atoms with Crippen molar-refractivity contribution >= 4 is 0 Å². The van der Waals surface area contributed by atoms with Crippen molar-refractivity contribution in [2.45, 2.75) is 51.6 Å². The van der Waals surface area contributed by atoms with E-state index in [1.54, 1.807) is 0 Å². The first-order valence-corrected chi connectivity index (χ1v) is 6.38. The monoisotopic (exact) mass is 287 g/mol. The van der Waals surface area contributed by atoms with Crippen LogP contribution in [0.2, 0.25) is 0 Å². The number of hydrogen-bond donors (Lipinski definition) is 2. The van der Waals surface area contributed by atoms with E-state index in [1.807, 2.05) is 13.8 Å². The summed E-state index contributed by atoms with van der Waals surface area (Å²) >= 11 is 0. The van der Waals surface area contributed by atoms with Crippen LogP contribution in [0.3, 0.4) is 0 Å². The maximum Gasteiger partial charge on any atom is 0.390 e. The number of halogens is 3. The van der Waals surface area contributed by atoms with Crippen LogP contribution in [0.5, 0.6) is 0 Å². The Morgan fingerprint density at radius 3 is 2.32 bits per heavy atom. The summed E-state index contributed by atoms with van der Waals surface area (Å²) in [7, 11) is 0. The Hall–Kier alpha value is -0.370. The Kier molecular flexibility index (Phi) is 9.34. The van der Waals surface area contributed by atoms with E-state index in [-0.39, 0.29) is 19.3 Å². The first-order chi connectivity index (χ1) is 8.70. The van der Waals surface area contributed by atoms with Gasteiger partial charge in [0.25, 0.3) is 0 Å². The molecule has 0 saturated carbocycles. The molecule has 2 N–H and O–H groups in total. The number of aliphatic hydroxyl groups excluding tert-OH is 1. The first kappa shape index (κ1) is 18.6. The van der Waals surface area contributed by atoms with E-state index in [9.17, 15) is 18.3 Å². The fourth-order valence-corrected chi connectivity index (χ4v) is 1.38. The molecule has 2 atom stereocenters. The fourth-order valence-electron chi connectivity index (χ4n) is 1.38. The van der Waals surface area contributed by atoms with E-state index in [2.05, 4.69) is 5.32 Å². The largest absolute Gasteiger partial charge is 0.390 e. The number of rotatable bonds is 10. The van der Waals surface area contributed by atoms with Crippen LogP contribution < -0.4 is 5.32 Å². The minimum absolute atomic E-state index is 0.0717. The second-order valence-electron chi connectivity index (χ2n) is 4.78. The molecule has 0 radical (unpaired) electrons. The molecule has 19 heavy (non-hydrogen) atoms. The zero-order valence-corrected chi connectivity index (χ0v) is 11.7. The Balaban J connectivity index is 3.51. The zero-order chi connectivity index (χ0) is 14.9. The second kappa shape index (κ2) is 9.52. The predicted molar refractivity (Wildman–Crippen MR) is 66.1 cm³/mol. The van der Waals surface area contributed by atoms with E-state index < -0.39 is 24.7 Å². The lowest BCUT2D eigenvalue weighted by Crippen LogP contribution is -2.38. The fraction of sp³-hybridized carbons (Fsp3) is 1.00. The highest BCUT2D eigenvalue weighted by Gasteiger charge is 2.29. The van der Waals surface area contributed by atoms with E-state index >= 15 is 0 Å². The number of aliphatic hydroxyl groups is 1. The smallest absolute Gasteiger partial charge is 0.389 e. The molecule has 0 aliphatic heterocycles. The molecule has 4 nitrogen and oxygen atoms in total. The summed E-state index contributed by atoms with van der Waals surface area (Å²) in [6.07, 6.45) is -5.81. The summed E-state index contributed by atoms with van der Waals surface area (Å²) in [6.45, 7) is 6.17. The molecule has 116 valence electrons. The number of alkyl halides is 3. The van der Waals surface area contributed by atoms with Gasteiger partial charge in [0, 0.05) is 12.6 Å². The standard InChI is InChI=1S/C12H24F3NO3/c1-9(2)19-5-4-18-8-11(17)7-16-10(3)6-12(13,14)15/h9-11,16-17H,4-8H2,1-3H3. The SMILES string of the molecule is CC(CC(F)(F)F)NCC(O)COCCOC(C)C. The molecular formula is C12H24F3NO3. The summed E-state index contributed by atoms with van der Waals surface area (Å²) in [5, 5.41) is 12.1. The summed E-state index contributed by atoms with van der Waals surface area (Å²) in [5.74, 6) is 0. The van der Waals surface area contributed by atoms with Crippen LogP contribution in [0.25, 0.3) is 0 Å². The van der Waals surface area contributed by atoms with Gasteiger partial charge < -0.3 is 19.9 Å². The van der Waals surface area contributed by atoms with Crippen molar-refractivity contribution in [1.82, 2.24) is 5.32 Å². The van der Waals surface area contributed by atoms with Gasteiger partial charge in [-0.05, 0) is 20.8 Å². The van der Waals surface area contributed by atoms with E-state index in [0.717, 1.165) is 0 Å². The molecule has 0 aromatic carbocycles. The lowest BCUT2D eigenvalue weighted by Gasteiger charge is -2.18. The zero-order valence-electron chi connectivity index (χ0n) is 11.7. The highest BCUT2D eigenvalue weighted by Crippen LogP contribution is 2.21. The summed E-state index contributed by atoms with van der Waals surface area (Å²) in [6, 6.07) is -0.723. The van der Waals surface area contributed by atoms with Gasteiger partial charge in [-0.15, -0.1) is 0 Å². The quantitative estimate of drug-likeness (QED) is 0.601. The molecule has 0 spiro atoms. The molecule has 2 unspecified atom stereocenters. The van der Waals surface area contributed by atoms with Gasteiger partial charge in [-0.25, -0.2) is 0 Å². The van der Waals surface area contributed by atoms with Crippen LogP contribution in [-0.4, -0.2) is 55.9 Å². The third-order valence-electron chi connectivity index (χ3n) is 2.23. The van der Waals surface area contributed by atoms with Gasteiger partial charge in [0.05, 0.1) is 38.4 Å². The highest BCUT2D eigenvalue weighted by atomic mass is 19.4. The van der Waals surface area contributed by atoms with Crippen LogP contribution in [0.1, 0.15) is 27.2 Å². The van der Waals surface area contributed by atoms with Crippen molar-refractivity contribution in [1.29, 1.82) is 0 Å². The topological polar surface area (TPSA) is 50.7 Å². The Labute approximate surface area is 112 Å². The highest BCUT2D eigenvalue weighted by molar-refractivity contribution is 4.68. The van der Waals surface area contributed by atoms with E-state index in [4.69, 9.17) is 9.47 Å². The average molecular weight is 287 g/mol. The lowest BCUT2D eigenvalue weighted by molar-refractivity contribution is -0.139. The Bertz CT molecular complexity index is 225. The van der Waals surface area contributed by atoms with E-state index in [1.165, 1.54) is 6.92 Å². The van der Waals surface area contributed by atoms with Crippen LogP contribution in [0.15, 0.2) is 0 Å². The molecule has 0 fully saturated rings. The van der Waals surface area contributed by atoms with Gasteiger partial charge in [-0.3, -0.25) is 0 Å². The molecule has 0 aromatic rings. The minimum Gasteiger partial charge on any atom is -0.389 e. The predicted octanol–water partition coefficient (Wildman–Crippen LogP) is 1.72. The maximum absolute atomic E-state index is 12.0. The van der Waals surface area contributed by atoms with Gasteiger partial charge in [0.2, 0.25) is 0 Å². The van der Waals surface area contributed by atoms with Crippen molar-refractivity contribution in [2.75, 3.05) is 26.4 Å². The van der Waals surface area contributed by atoms with Gasteiger partial charge in [0.15, 0.2) is 0 Å². The molecule has 0 aliphatic rings. The van der Waals surface area contributed by atoms with E-state index in [0.29, 0.717) is 13.2 Å². The van der Waals surface area contributed by atoms with Crippen molar-refractivity contribution in [2.24, 2.45) is 0 Å². The maximum atomic E-state index is 12.0. The summed E-state index contributed by atoms with van der Waals surface area (Å²) in [4.78, 5) is 0. The Morgan fingerprint density at radius 2 is 1.79 bits per heavy atom. The van der Waals surface area contributed by atoms with Gasteiger partial charge in [-0.2, -0.15) is 13.2 Å². The number of hydrogen-bond acceptors (Lipinski definition) is 4. The first-order valence-electron chi connectivity index (χ1n) is 6.38. The van der Waals surface area contributed by atoms with Gasteiger partial charge in [-0.1, -0.05) is 0 Å². The van der Waals surface area contributed by atoms with Gasteiger partial charge >= 0.3 is 6.18 Å². The third-order valence-corrected chi connectivity index (χ3v) is 2.23. The van der Waals surface area contributed by atoms with Crippen LogP contribution in [0, 0.1) is 0 Å². The van der Waals surface area contributed by atoms with Crippen LogP contribution in [0.4, 0.5) is 13.2 Å². The summed E-state index contributed by atoms with van der Waals surface area (Å²) in [5.41, 5.74) is 0. The molecule has 0 aliphatic carbocycles. The minimum atomic E-state index is -4.19. The van der Waals surface area contributed by atoms with Crippen molar-refractivity contribution in [3.63, 3.8) is 0 Å². The second-order valence-corrected chi connectivity index (χ2v) is 4.78. The summed E-state index contributed by atoms with van der Waals surface area (Å²) < 4.78 is 46.5. The van der Waals surface area contributed by atoms with Gasteiger partial charge in [0.1, 0.15) is 0 Å². The number of nitrogens with one attached hydrogen (secondary N) is 1. The molecule has 0 aromatic heterocycles. The molecular weight excluding hydrogens is 263 g/mol. The third kappa shape index (κ3) is 13.9. The van der Waals surface area contributed by atoms with Crippen LogP contribution >= 0.6 is 0 Å². The van der Waals surface area contributed by atoms with Crippen molar-refractivity contribution in [3.8, 4) is 0 Å². The molecule has 0 amide bonds. The average Bonchev–Trinajstić information content (AvgIpc) is 2.23. The Morgan fingerprint density at radius 1 is 1.16 bits per heavy atom. The molecule has 0 bridgehead atoms. The van der Waals surface area contributed by atoms with Crippen molar-refractivity contribution in [3.05, 3.63) is 0 Å². The molecule has 0 rings (SSSR count). The molecule has 0 saturated heterocycles. The molecule has 0 heterocycles. The number of ether oxygens (including phenoxy) is 2. The molecule has 7 heteroatoms.